The first-order chi connectivity index (χ1) is 11.6. The van der Waals surface area contributed by atoms with E-state index in [0.29, 0.717) is 32.7 Å². The van der Waals surface area contributed by atoms with Crippen LogP contribution in [0.3, 0.4) is 0 Å². The van der Waals surface area contributed by atoms with Gasteiger partial charge < -0.3 is 20.0 Å². The van der Waals surface area contributed by atoms with Crippen molar-refractivity contribution in [2.45, 2.75) is 26.3 Å². The summed E-state index contributed by atoms with van der Waals surface area (Å²) >= 11 is 0. The molecule has 0 aromatic carbocycles. The number of hydrogen-bond donors (Lipinski definition) is 1. The molecule has 0 saturated carbocycles. The summed E-state index contributed by atoms with van der Waals surface area (Å²) in [7, 11) is 0. The molecule has 2 aliphatic heterocycles. The number of pyridine rings is 1. The van der Waals surface area contributed by atoms with Crippen molar-refractivity contribution < 1.29 is 9.59 Å². The third kappa shape index (κ3) is 3.96. The minimum Gasteiger partial charge on any atom is -0.357 e. The van der Waals surface area contributed by atoms with Gasteiger partial charge in [0.25, 0.3) is 0 Å². The molecule has 1 aromatic heterocycles. The average Bonchev–Trinajstić information content (AvgIpc) is 3.15. The molecular formula is C17H25N5O2. The van der Waals surface area contributed by atoms with Crippen LogP contribution in [0.25, 0.3) is 0 Å². The van der Waals surface area contributed by atoms with E-state index in [1.807, 2.05) is 18.3 Å². The summed E-state index contributed by atoms with van der Waals surface area (Å²) in [5, 5.41) is 2.93. The predicted octanol–water partition coefficient (Wildman–Crippen LogP) is 1.06. The highest BCUT2D eigenvalue weighted by molar-refractivity contribution is 5.76. The van der Waals surface area contributed by atoms with E-state index in [9.17, 15) is 9.59 Å². The van der Waals surface area contributed by atoms with Crippen LogP contribution in [0, 0.1) is 0 Å². The maximum absolute atomic E-state index is 12.2. The molecule has 1 N–H and O–H groups in total. The molecule has 2 fully saturated rings. The summed E-state index contributed by atoms with van der Waals surface area (Å²) in [6, 6.07) is 3.97. The van der Waals surface area contributed by atoms with Crippen molar-refractivity contribution in [2.75, 3.05) is 44.2 Å². The fraction of sp³-hybridized carbons (Fsp3) is 0.588. The zero-order chi connectivity index (χ0) is 16.9. The quantitative estimate of drug-likeness (QED) is 0.899. The minimum absolute atomic E-state index is 0.0687. The third-order valence-corrected chi connectivity index (χ3v) is 4.70. The summed E-state index contributed by atoms with van der Waals surface area (Å²) in [5.41, 5.74) is 0.994. The highest BCUT2D eigenvalue weighted by Gasteiger charge is 2.22. The fourth-order valence-electron chi connectivity index (χ4n) is 3.17. The van der Waals surface area contributed by atoms with Gasteiger partial charge in [-0.15, -0.1) is 0 Å². The lowest BCUT2D eigenvalue weighted by molar-refractivity contribution is -0.130. The predicted molar refractivity (Wildman–Crippen MR) is 91.7 cm³/mol. The molecule has 7 heteroatoms. The Hall–Kier alpha value is -2.31. The molecule has 0 bridgehead atoms. The number of aromatic nitrogens is 1. The first-order valence-electron chi connectivity index (χ1n) is 8.61. The van der Waals surface area contributed by atoms with Crippen molar-refractivity contribution in [2.24, 2.45) is 0 Å². The van der Waals surface area contributed by atoms with Gasteiger partial charge in [-0.25, -0.2) is 9.78 Å². The molecule has 2 saturated heterocycles. The summed E-state index contributed by atoms with van der Waals surface area (Å²) in [4.78, 5) is 33.8. The van der Waals surface area contributed by atoms with Crippen molar-refractivity contribution in [1.29, 1.82) is 0 Å². The smallest absolute Gasteiger partial charge is 0.317 e. The van der Waals surface area contributed by atoms with Crippen LogP contribution in [0.2, 0.25) is 0 Å². The van der Waals surface area contributed by atoms with Gasteiger partial charge in [-0.2, -0.15) is 0 Å². The lowest BCUT2D eigenvalue weighted by Gasteiger charge is -2.34. The second-order valence-electron chi connectivity index (χ2n) is 6.37. The number of carbonyl (C=O) groups is 2. The van der Waals surface area contributed by atoms with Crippen molar-refractivity contribution >= 4 is 17.8 Å². The molecule has 0 radical (unpaired) electrons. The molecule has 130 valence electrons. The number of nitrogens with one attached hydrogen (secondary N) is 1. The minimum atomic E-state index is -0.0816. The van der Waals surface area contributed by atoms with E-state index in [0.717, 1.165) is 24.5 Å². The lowest BCUT2D eigenvalue weighted by atomic mass is 10.2. The summed E-state index contributed by atoms with van der Waals surface area (Å²) in [6.07, 6.45) is 4.30. The maximum atomic E-state index is 12.2. The van der Waals surface area contributed by atoms with Crippen LogP contribution in [-0.2, 0) is 11.3 Å². The largest absolute Gasteiger partial charge is 0.357 e. The molecule has 3 heterocycles. The Morgan fingerprint density at radius 2 is 1.71 bits per heavy atom. The maximum Gasteiger partial charge on any atom is 0.317 e. The van der Waals surface area contributed by atoms with E-state index in [4.69, 9.17) is 0 Å². The molecule has 0 unspecified atom stereocenters. The van der Waals surface area contributed by atoms with Crippen LogP contribution in [0.5, 0.6) is 0 Å². The Morgan fingerprint density at radius 1 is 1.04 bits per heavy atom. The number of anilines is 1. The normalized spacial score (nSPS) is 18.0. The number of rotatable bonds is 3. The highest BCUT2D eigenvalue weighted by Crippen LogP contribution is 2.17. The van der Waals surface area contributed by atoms with E-state index in [-0.39, 0.29) is 11.9 Å². The first-order valence-corrected chi connectivity index (χ1v) is 8.61. The molecule has 0 aliphatic carbocycles. The van der Waals surface area contributed by atoms with Crippen LogP contribution in [0.15, 0.2) is 18.3 Å². The molecule has 2 aliphatic rings. The van der Waals surface area contributed by atoms with E-state index in [1.54, 1.807) is 16.7 Å². The topological polar surface area (TPSA) is 68.8 Å². The fourth-order valence-corrected chi connectivity index (χ4v) is 3.17. The van der Waals surface area contributed by atoms with Crippen LogP contribution in [-0.4, -0.2) is 66.0 Å². The van der Waals surface area contributed by atoms with E-state index in [2.05, 4.69) is 15.2 Å². The molecule has 0 atom stereocenters. The first kappa shape index (κ1) is 16.5. The molecular weight excluding hydrogens is 306 g/mol. The zero-order valence-electron chi connectivity index (χ0n) is 14.2. The molecule has 7 nitrogen and oxygen atoms in total. The van der Waals surface area contributed by atoms with Crippen LogP contribution < -0.4 is 10.2 Å². The van der Waals surface area contributed by atoms with Crippen molar-refractivity contribution in [3.05, 3.63) is 23.9 Å². The van der Waals surface area contributed by atoms with Gasteiger partial charge in [-0.1, -0.05) is 6.07 Å². The molecule has 1 aromatic rings. The number of piperazine rings is 1. The van der Waals surface area contributed by atoms with Gasteiger partial charge in [0.2, 0.25) is 5.91 Å². The van der Waals surface area contributed by atoms with E-state index in [1.165, 1.54) is 12.8 Å². The average molecular weight is 331 g/mol. The number of hydrogen-bond acceptors (Lipinski definition) is 4. The van der Waals surface area contributed by atoms with Gasteiger partial charge in [-0.3, -0.25) is 4.79 Å². The van der Waals surface area contributed by atoms with Gasteiger partial charge in [0.05, 0.1) is 0 Å². The molecule has 3 rings (SSSR count). The van der Waals surface area contributed by atoms with Gasteiger partial charge in [-0.05, 0) is 24.5 Å². The summed E-state index contributed by atoms with van der Waals surface area (Å²) in [5.74, 6) is 1.09. The number of urea groups is 1. The van der Waals surface area contributed by atoms with Crippen molar-refractivity contribution in [1.82, 2.24) is 20.1 Å². The summed E-state index contributed by atoms with van der Waals surface area (Å²) in [6.45, 7) is 6.57. The zero-order valence-corrected chi connectivity index (χ0v) is 14.2. The second-order valence-corrected chi connectivity index (χ2v) is 6.37. The highest BCUT2D eigenvalue weighted by atomic mass is 16.2. The van der Waals surface area contributed by atoms with Gasteiger partial charge in [0.1, 0.15) is 5.82 Å². The monoisotopic (exact) mass is 331 g/mol. The standard InChI is InChI=1S/C17H25N5O2/c1-14(23)20-8-10-22(11-9-20)17(24)19-13-15-4-5-16(18-12-15)21-6-2-3-7-21/h4-5,12H,2-3,6-11,13H2,1H3,(H,19,24). The van der Waals surface area contributed by atoms with Gasteiger partial charge in [0, 0.05) is 58.9 Å². The second kappa shape index (κ2) is 7.51. The van der Waals surface area contributed by atoms with Crippen LogP contribution in [0.1, 0.15) is 25.3 Å². The van der Waals surface area contributed by atoms with Crippen molar-refractivity contribution in [3.63, 3.8) is 0 Å². The SMILES string of the molecule is CC(=O)N1CCN(C(=O)NCc2ccc(N3CCCC3)nc2)CC1. The molecule has 24 heavy (non-hydrogen) atoms. The molecule has 3 amide bonds. The molecule has 0 spiro atoms. The van der Waals surface area contributed by atoms with Crippen LogP contribution in [0.4, 0.5) is 10.6 Å². The number of nitrogens with zero attached hydrogens (tertiary/aromatic N) is 4. The Morgan fingerprint density at radius 3 is 2.29 bits per heavy atom. The summed E-state index contributed by atoms with van der Waals surface area (Å²) < 4.78 is 0. The lowest BCUT2D eigenvalue weighted by Crippen LogP contribution is -2.52. The Kier molecular flexibility index (Phi) is 5.17. The van der Waals surface area contributed by atoms with Crippen LogP contribution >= 0.6 is 0 Å². The van der Waals surface area contributed by atoms with Gasteiger partial charge >= 0.3 is 6.03 Å². The van der Waals surface area contributed by atoms with E-state index >= 15 is 0 Å². The Labute approximate surface area is 142 Å². The third-order valence-electron chi connectivity index (χ3n) is 4.70. The number of amides is 3. The Bertz CT molecular complexity index is 575. The Balaban J connectivity index is 1.45. The van der Waals surface area contributed by atoms with Crippen molar-refractivity contribution in [3.8, 4) is 0 Å². The number of carbonyl (C=O) groups excluding carboxylic acids is 2. The van der Waals surface area contributed by atoms with E-state index < -0.39 is 0 Å². The van der Waals surface area contributed by atoms with Gasteiger partial charge in [0.15, 0.2) is 0 Å².